The number of allylic oxidation sites excluding steroid dienone is 5. The topological polar surface area (TPSA) is 93.1 Å². The van der Waals surface area contributed by atoms with Gasteiger partial charge >= 0.3 is 5.97 Å². The van der Waals surface area contributed by atoms with E-state index in [1.54, 1.807) is 24.3 Å². The first-order chi connectivity index (χ1) is 23.8. The third-order valence-electron chi connectivity index (χ3n) is 9.94. The second-order valence-corrected chi connectivity index (χ2v) is 15.3. The molecule has 0 amide bonds. The van der Waals surface area contributed by atoms with Crippen molar-refractivity contribution < 1.29 is 29.0 Å². The Balaban J connectivity index is 1.52. The molecule has 50 heavy (non-hydrogen) atoms. The molecule has 0 saturated heterocycles. The molecule has 0 spiro atoms. The Morgan fingerprint density at radius 1 is 0.860 bits per heavy atom. The normalized spacial score (nSPS) is 18.5. The highest BCUT2D eigenvalue weighted by Gasteiger charge is 2.49. The molecule has 1 aliphatic heterocycles. The van der Waals surface area contributed by atoms with Gasteiger partial charge in [-0.05, 0) is 71.9 Å². The summed E-state index contributed by atoms with van der Waals surface area (Å²) in [6.07, 6.45) is 4.55. The number of benzene rings is 3. The molecule has 0 fully saturated rings. The molecule has 0 saturated carbocycles. The molecule has 260 valence electrons. The van der Waals surface area contributed by atoms with Gasteiger partial charge in [-0.3, -0.25) is 9.59 Å². The second kappa shape index (κ2) is 13.8. The summed E-state index contributed by atoms with van der Waals surface area (Å²) in [6, 6.07) is 20.9. The van der Waals surface area contributed by atoms with Crippen LogP contribution < -0.4 is 9.47 Å². The Morgan fingerprint density at radius 3 is 2.00 bits per heavy atom. The number of carboxylic acid groups (broad SMARTS) is 1. The standard InChI is InChI=1S/C43H47NO6/c1-7-12-30-19-31(20-36(49-8-2)40(30)50-26-28-15-17-29(18-16-28)41(47)48)37-38-32(21-42(3,4)23-34(38)45)44(25-27-13-10-9-11-14-27)33-22-43(5,6)24-35(46)39(33)37/h7,9-11,13-20,37H,1,8,12,21-26H2,2-6H3,(H,47,48). The van der Waals surface area contributed by atoms with E-state index in [0.717, 1.165) is 46.5 Å². The molecule has 0 bridgehead atoms. The summed E-state index contributed by atoms with van der Waals surface area (Å²) in [6.45, 7) is 15.7. The van der Waals surface area contributed by atoms with E-state index in [1.807, 2.05) is 37.3 Å². The van der Waals surface area contributed by atoms with Crippen LogP contribution in [0, 0.1) is 10.8 Å². The zero-order valence-corrected chi connectivity index (χ0v) is 29.8. The van der Waals surface area contributed by atoms with Gasteiger partial charge in [0.05, 0.1) is 12.2 Å². The van der Waals surface area contributed by atoms with E-state index in [9.17, 15) is 19.5 Å². The van der Waals surface area contributed by atoms with Crippen LogP contribution >= 0.6 is 0 Å². The Morgan fingerprint density at radius 2 is 1.46 bits per heavy atom. The average molecular weight is 674 g/mol. The molecule has 1 N–H and O–H groups in total. The number of carboxylic acids is 1. The lowest BCUT2D eigenvalue weighted by molar-refractivity contribution is -0.119. The van der Waals surface area contributed by atoms with Gasteiger partial charge in [-0.25, -0.2) is 4.79 Å². The van der Waals surface area contributed by atoms with E-state index in [1.165, 1.54) is 0 Å². The Bertz CT molecular complexity index is 1840. The van der Waals surface area contributed by atoms with Crippen LogP contribution in [0.4, 0.5) is 0 Å². The number of Topliss-reactive ketones (excluding diaryl/α,β-unsaturated/α-hetero) is 2. The van der Waals surface area contributed by atoms with E-state index >= 15 is 0 Å². The summed E-state index contributed by atoms with van der Waals surface area (Å²) in [5.41, 5.74) is 6.82. The molecule has 2 aliphatic carbocycles. The van der Waals surface area contributed by atoms with Gasteiger partial charge in [-0.15, -0.1) is 6.58 Å². The van der Waals surface area contributed by atoms with Crippen molar-refractivity contribution in [2.24, 2.45) is 10.8 Å². The Hall–Kier alpha value is -4.91. The van der Waals surface area contributed by atoms with Gasteiger partial charge in [0.1, 0.15) is 6.61 Å². The first-order valence-corrected chi connectivity index (χ1v) is 17.5. The van der Waals surface area contributed by atoms with Crippen molar-refractivity contribution in [1.82, 2.24) is 4.90 Å². The molecule has 3 aromatic carbocycles. The minimum absolute atomic E-state index is 0.0804. The minimum Gasteiger partial charge on any atom is -0.490 e. The average Bonchev–Trinajstić information content (AvgIpc) is 3.05. The quantitative estimate of drug-likeness (QED) is 0.203. The molecule has 0 unspecified atom stereocenters. The van der Waals surface area contributed by atoms with Crippen molar-refractivity contribution in [2.75, 3.05) is 6.61 Å². The van der Waals surface area contributed by atoms with E-state index in [2.05, 4.69) is 57.4 Å². The second-order valence-electron chi connectivity index (χ2n) is 15.3. The van der Waals surface area contributed by atoms with Gasteiger partial charge in [0, 0.05) is 53.4 Å². The molecule has 0 radical (unpaired) electrons. The van der Waals surface area contributed by atoms with Crippen molar-refractivity contribution in [1.29, 1.82) is 0 Å². The minimum atomic E-state index is -0.984. The molecule has 3 aromatic rings. The highest BCUT2D eigenvalue weighted by atomic mass is 16.5. The highest BCUT2D eigenvalue weighted by molar-refractivity contribution is 6.07. The van der Waals surface area contributed by atoms with Gasteiger partial charge in [0.15, 0.2) is 23.1 Å². The van der Waals surface area contributed by atoms with Crippen LogP contribution in [0.5, 0.6) is 11.5 Å². The molecule has 6 rings (SSSR count). The third-order valence-corrected chi connectivity index (χ3v) is 9.94. The maximum absolute atomic E-state index is 14.4. The fourth-order valence-electron chi connectivity index (χ4n) is 7.82. The van der Waals surface area contributed by atoms with Crippen LogP contribution in [0.2, 0.25) is 0 Å². The maximum Gasteiger partial charge on any atom is 0.335 e. The molecule has 3 aliphatic rings. The van der Waals surface area contributed by atoms with E-state index in [0.29, 0.717) is 55.1 Å². The summed E-state index contributed by atoms with van der Waals surface area (Å²) in [5, 5.41) is 9.31. The first kappa shape index (κ1) is 34.9. The number of hydrogen-bond acceptors (Lipinski definition) is 6. The first-order valence-electron chi connectivity index (χ1n) is 17.5. The fourth-order valence-corrected chi connectivity index (χ4v) is 7.82. The lowest BCUT2D eigenvalue weighted by Gasteiger charge is -2.49. The smallest absolute Gasteiger partial charge is 0.335 e. The van der Waals surface area contributed by atoms with Crippen LogP contribution in [0.1, 0.15) is 98.8 Å². The van der Waals surface area contributed by atoms with Crippen LogP contribution in [0.25, 0.3) is 0 Å². The number of hydrogen-bond donors (Lipinski definition) is 1. The number of aromatic carboxylic acids is 1. The highest BCUT2D eigenvalue weighted by Crippen LogP contribution is 2.55. The molecule has 7 nitrogen and oxygen atoms in total. The zero-order chi connectivity index (χ0) is 35.8. The van der Waals surface area contributed by atoms with Crippen molar-refractivity contribution in [3.8, 4) is 11.5 Å². The van der Waals surface area contributed by atoms with Crippen molar-refractivity contribution >= 4 is 17.5 Å². The van der Waals surface area contributed by atoms with Crippen LogP contribution in [0.3, 0.4) is 0 Å². The monoisotopic (exact) mass is 673 g/mol. The number of nitrogens with zero attached hydrogens (tertiary/aromatic N) is 1. The molecule has 7 heteroatoms. The predicted octanol–water partition coefficient (Wildman–Crippen LogP) is 8.98. The lowest BCUT2D eigenvalue weighted by Crippen LogP contribution is -2.44. The van der Waals surface area contributed by atoms with Crippen LogP contribution in [-0.2, 0) is 29.2 Å². The van der Waals surface area contributed by atoms with E-state index in [4.69, 9.17) is 9.47 Å². The van der Waals surface area contributed by atoms with Crippen LogP contribution in [-0.4, -0.2) is 34.1 Å². The largest absolute Gasteiger partial charge is 0.490 e. The number of carbonyl (C=O) groups excluding carboxylic acids is 2. The molecule has 0 aromatic heterocycles. The number of rotatable bonds is 11. The summed E-state index contributed by atoms with van der Waals surface area (Å²) in [4.78, 5) is 42.5. The zero-order valence-electron chi connectivity index (χ0n) is 29.8. The summed E-state index contributed by atoms with van der Waals surface area (Å²) < 4.78 is 12.6. The Labute approximate surface area is 295 Å². The van der Waals surface area contributed by atoms with Gasteiger partial charge < -0.3 is 19.5 Å². The number of carbonyl (C=O) groups is 3. The van der Waals surface area contributed by atoms with Gasteiger partial charge in [-0.1, -0.05) is 82.3 Å². The lowest BCUT2D eigenvalue weighted by atomic mass is 9.63. The molecular weight excluding hydrogens is 626 g/mol. The van der Waals surface area contributed by atoms with Crippen molar-refractivity contribution in [3.63, 3.8) is 0 Å². The molecular formula is C43H47NO6. The van der Waals surface area contributed by atoms with Crippen molar-refractivity contribution in [2.45, 2.75) is 85.8 Å². The Kier molecular flexibility index (Phi) is 9.62. The summed E-state index contributed by atoms with van der Waals surface area (Å²) >= 11 is 0. The van der Waals surface area contributed by atoms with Gasteiger partial charge in [-0.2, -0.15) is 0 Å². The maximum atomic E-state index is 14.4. The van der Waals surface area contributed by atoms with E-state index < -0.39 is 11.9 Å². The number of ketones is 2. The summed E-state index contributed by atoms with van der Waals surface area (Å²) in [7, 11) is 0. The SMILES string of the molecule is C=CCc1cc(C2C3=C(CC(C)(C)CC3=O)N(Cc3ccccc3)C3=C2C(=O)CC(C)(C)C3)cc(OCC)c1OCc1ccc(C(=O)O)cc1. The number of ether oxygens (including phenoxy) is 2. The fraction of sp³-hybridized carbons (Fsp3) is 0.372. The van der Waals surface area contributed by atoms with Gasteiger partial charge in [0.2, 0.25) is 0 Å². The third kappa shape index (κ3) is 7.05. The van der Waals surface area contributed by atoms with Gasteiger partial charge in [0.25, 0.3) is 0 Å². The molecule has 0 atom stereocenters. The summed E-state index contributed by atoms with van der Waals surface area (Å²) in [5.74, 6) is -0.252. The van der Waals surface area contributed by atoms with Crippen molar-refractivity contribution in [3.05, 3.63) is 130 Å². The molecule has 1 heterocycles. The van der Waals surface area contributed by atoms with Crippen LogP contribution in [0.15, 0.2) is 102 Å². The predicted molar refractivity (Wildman–Crippen MR) is 194 cm³/mol. The van der Waals surface area contributed by atoms with E-state index in [-0.39, 0.29) is 34.6 Å².